The van der Waals surface area contributed by atoms with E-state index >= 15 is 0 Å². The molecule has 0 aliphatic heterocycles. The predicted molar refractivity (Wildman–Crippen MR) is 103 cm³/mol. The maximum atomic E-state index is 12.5. The molecule has 0 fully saturated rings. The zero-order chi connectivity index (χ0) is 18.9. The summed E-state index contributed by atoms with van der Waals surface area (Å²) in [4.78, 5) is 0.301. The van der Waals surface area contributed by atoms with Crippen LogP contribution in [0.25, 0.3) is 0 Å². The summed E-state index contributed by atoms with van der Waals surface area (Å²) in [5, 5.41) is 8.01. The van der Waals surface area contributed by atoms with Crippen molar-refractivity contribution >= 4 is 26.9 Å². The summed E-state index contributed by atoms with van der Waals surface area (Å²) in [6.07, 6.45) is 0. The predicted octanol–water partition coefficient (Wildman–Crippen LogP) is 5.10. The second-order valence-corrected chi connectivity index (χ2v) is 9.17. The van der Waals surface area contributed by atoms with E-state index in [-0.39, 0.29) is 0 Å². The minimum Gasteiger partial charge on any atom is -0.397 e. The number of hydrogen-bond acceptors (Lipinski definition) is 5. The molecule has 0 unspecified atom stereocenters. The van der Waals surface area contributed by atoms with Gasteiger partial charge in [-0.25, -0.2) is 8.42 Å². The minimum absolute atomic E-state index is 0.301. The lowest BCUT2D eigenvalue weighted by atomic mass is 10.1. The van der Waals surface area contributed by atoms with E-state index in [2.05, 4.69) is 10.2 Å². The van der Waals surface area contributed by atoms with Gasteiger partial charge in [0.25, 0.3) is 0 Å². The summed E-state index contributed by atoms with van der Waals surface area (Å²) in [5.41, 5.74) is 11.4. The molecule has 2 rings (SSSR count). The highest BCUT2D eigenvalue weighted by Crippen LogP contribution is 2.32. The molecular weight excluding hydrogens is 334 g/mol. The minimum atomic E-state index is -3.38. The van der Waals surface area contributed by atoms with Gasteiger partial charge >= 0.3 is 0 Å². The van der Waals surface area contributed by atoms with Crippen molar-refractivity contribution < 1.29 is 8.42 Å². The summed E-state index contributed by atoms with van der Waals surface area (Å²) in [5.74, 6) is 0. The summed E-state index contributed by atoms with van der Waals surface area (Å²) in [6, 6.07) is 7.16. The van der Waals surface area contributed by atoms with Crippen molar-refractivity contribution in [1.29, 1.82) is 0 Å². The number of hydrogen-bond donors (Lipinski definition) is 1. The van der Waals surface area contributed by atoms with Gasteiger partial charge in [-0.1, -0.05) is 6.07 Å². The number of nitrogens with zero attached hydrogens (tertiary/aromatic N) is 2. The van der Waals surface area contributed by atoms with Gasteiger partial charge in [0.2, 0.25) is 0 Å². The number of rotatable bonds is 4. The zero-order valence-electron chi connectivity index (χ0n) is 15.6. The normalized spacial score (nSPS) is 12.3. The van der Waals surface area contributed by atoms with Gasteiger partial charge in [0, 0.05) is 0 Å². The molecule has 2 aromatic rings. The lowest BCUT2D eigenvalue weighted by Crippen LogP contribution is -2.15. The van der Waals surface area contributed by atoms with Gasteiger partial charge in [0.15, 0.2) is 9.84 Å². The van der Waals surface area contributed by atoms with Crippen LogP contribution in [0, 0.1) is 27.7 Å². The summed E-state index contributed by atoms with van der Waals surface area (Å²) in [7, 11) is -3.38. The van der Waals surface area contributed by atoms with Crippen LogP contribution >= 0.6 is 0 Å². The van der Waals surface area contributed by atoms with Gasteiger partial charge in [0.05, 0.1) is 21.5 Å². The Kier molecular flexibility index (Phi) is 5.32. The fourth-order valence-corrected chi connectivity index (χ4v) is 3.80. The van der Waals surface area contributed by atoms with E-state index in [9.17, 15) is 8.42 Å². The molecular formula is C19H25N3O2S. The van der Waals surface area contributed by atoms with Crippen molar-refractivity contribution in [3.8, 4) is 0 Å². The van der Waals surface area contributed by atoms with Crippen molar-refractivity contribution in [3.05, 3.63) is 46.5 Å². The van der Waals surface area contributed by atoms with Crippen molar-refractivity contribution in [1.82, 2.24) is 0 Å². The fourth-order valence-electron chi connectivity index (χ4n) is 2.51. The maximum absolute atomic E-state index is 12.5. The molecule has 0 amide bonds. The number of azo groups is 1. The summed E-state index contributed by atoms with van der Waals surface area (Å²) >= 11 is 0. The Morgan fingerprint density at radius 3 is 1.96 bits per heavy atom. The molecule has 0 aliphatic carbocycles. The van der Waals surface area contributed by atoms with Crippen LogP contribution in [0.5, 0.6) is 0 Å². The van der Waals surface area contributed by atoms with E-state index in [4.69, 9.17) is 5.73 Å². The molecule has 0 radical (unpaired) electrons. The van der Waals surface area contributed by atoms with E-state index < -0.39 is 15.1 Å². The SMILES string of the molecule is Cc1cc(N)c(N=Nc2cc(S(=O)(=O)C(C)C)c(C)cc2C)cc1C. The van der Waals surface area contributed by atoms with Crippen LogP contribution in [0.4, 0.5) is 17.1 Å². The summed E-state index contributed by atoms with van der Waals surface area (Å²) < 4.78 is 25.1. The molecule has 0 saturated carbocycles. The molecule has 0 aromatic heterocycles. The first kappa shape index (κ1) is 19.1. The number of sulfone groups is 1. The van der Waals surface area contributed by atoms with E-state index in [0.717, 1.165) is 22.3 Å². The molecule has 134 valence electrons. The molecule has 6 heteroatoms. The highest BCUT2D eigenvalue weighted by Gasteiger charge is 2.22. The number of aryl methyl sites for hydroxylation is 4. The van der Waals surface area contributed by atoms with Crippen molar-refractivity contribution in [2.75, 3.05) is 5.73 Å². The Hall–Kier alpha value is -2.21. The van der Waals surface area contributed by atoms with Crippen LogP contribution in [-0.4, -0.2) is 13.7 Å². The molecule has 0 heterocycles. The molecule has 0 bridgehead atoms. The second kappa shape index (κ2) is 6.96. The number of nitrogen functional groups attached to an aromatic ring is 1. The quantitative estimate of drug-likeness (QED) is 0.608. The van der Waals surface area contributed by atoms with Crippen LogP contribution in [0.2, 0.25) is 0 Å². The second-order valence-electron chi connectivity index (χ2n) is 6.69. The molecule has 0 saturated heterocycles. The third kappa shape index (κ3) is 3.90. The maximum Gasteiger partial charge on any atom is 0.181 e. The number of nitrogens with two attached hydrogens (primary N) is 1. The Morgan fingerprint density at radius 1 is 0.800 bits per heavy atom. The van der Waals surface area contributed by atoms with Crippen LogP contribution in [0.15, 0.2) is 39.4 Å². The Labute approximate surface area is 149 Å². The standard InChI is InChI=1S/C19H25N3O2S/c1-11(2)25(23,24)19-10-17(14(5)7-15(19)6)21-22-18-9-13(4)12(3)8-16(18)20/h7-11H,20H2,1-6H3. The van der Waals surface area contributed by atoms with Crippen molar-refractivity contribution in [3.63, 3.8) is 0 Å². The zero-order valence-corrected chi connectivity index (χ0v) is 16.4. The Morgan fingerprint density at radius 2 is 1.36 bits per heavy atom. The Balaban J connectivity index is 2.52. The van der Waals surface area contributed by atoms with Gasteiger partial charge in [-0.2, -0.15) is 5.11 Å². The molecule has 2 aromatic carbocycles. The van der Waals surface area contributed by atoms with Gasteiger partial charge in [-0.3, -0.25) is 0 Å². The first-order chi connectivity index (χ1) is 11.5. The largest absolute Gasteiger partial charge is 0.397 e. The Bertz CT molecular complexity index is 946. The smallest absolute Gasteiger partial charge is 0.181 e. The van der Waals surface area contributed by atoms with Gasteiger partial charge in [0.1, 0.15) is 5.69 Å². The highest BCUT2D eigenvalue weighted by atomic mass is 32.2. The molecule has 0 spiro atoms. The first-order valence-corrected chi connectivity index (χ1v) is 9.72. The van der Waals surface area contributed by atoms with E-state index in [1.165, 1.54) is 0 Å². The van der Waals surface area contributed by atoms with E-state index in [1.807, 2.05) is 39.0 Å². The van der Waals surface area contributed by atoms with Crippen LogP contribution in [-0.2, 0) is 9.84 Å². The number of anilines is 1. The van der Waals surface area contributed by atoms with E-state index in [1.54, 1.807) is 26.8 Å². The van der Waals surface area contributed by atoms with Crippen LogP contribution in [0.1, 0.15) is 36.1 Å². The average molecular weight is 359 g/mol. The third-order valence-electron chi connectivity index (χ3n) is 4.33. The van der Waals surface area contributed by atoms with Crippen molar-refractivity contribution in [2.45, 2.75) is 51.7 Å². The van der Waals surface area contributed by atoms with Gasteiger partial charge in [-0.05, 0) is 82.0 Å². The molecule has 0 atom stereocenters. The lowest BCUT2D eigenvalue weighted by molar-refractivity contribution is 0.587. The molecule has 2 N–H and O–H groups in total. The topological polar surface area (TPSA) is 84.9 Å². The average Bonchev–Trinajstić information content (AvgIpc) is 2.50. The highest BCUT2D eigenvalue weighted by molar-refractivity contribution is 7.92. The summed E-state index contributed by atoms with van der Waals surface area (Å²) in [6.45, 7) is 11.0. The monoisotopic (exact) mass is 359 g/mol. The van der Waals surface area contributed by atoms with E-state index in [0.29, 0.717) is 22.0 Å². The lowest BCUT2D eigenvalue weighted by Gasteiger charge is -2.12. The number of benzene rings is 2. The van der Waals surface area contributed by atoms with Gasteiger partial charge in [-0.15, -0.1) is 5.11 Å². The van der Waals surface area contributed by atoms with Crippen LogP contribution in [0.3, 0.4) is 0 Å². The third-order valence-corrected chi connectivity index (χ3v) is 6.62. The fraction of sp³-hybridized carbons (Fsp3) is 0.368. The molecule has 5 nitrogen and oxygen atoms in total. The van der Waals surface area contributed by atoms with Gasteiger partial charge < -0.3 is 5.73 Å². The van der Waals surface area contributed by atoms with Crippen LogP contribution < -0.4 is 5.73 Å². The molecule has 25 heavy (non-hydrogen) atoms. The van der Waals surface area contributed by atoms with Crippen molar-refractivity contribution in [2.24, 2.45) is 10.2 Å². The molecule has 0 aliphatic rings. The first-order valence-electron chi connectivity index (χ1n) is 8.17.